The Kier molecular flexibility index (Phi) is 7.59. The lowest BCUT2D eigenvalue weighted by Gasteiger charge is -2.13. The average Bonchev–Trinajstić information content (AvgIpc) is 2.39. The van der Waals surface area contributed by atoms with Crippen LogP contribution in [0.3, 0.4) is 0 Å². The lowest BCUT2D eigenvalue weighted by molar-refractivity contribution is -0.121. The van der Waals surface area contributed by atoms with Gasteiger partial charge in [-0.1, -0.05) is 43.6 Å². The maximum absolute atomic E-state index is 11.7. The molecule has 1 unspecified atom stereocenters. The zero-order valence-electron chi connectivity index (χ0n) is 11.9. The van der Waals surface area contributed by atoms with Crippen molar-refractivity contribution in [1.29, 1.82) is 0 Å². The van der Waals surface area contributed by atoms with E-state index in [1.54, 1.807) is 6.07 Å². The van der Waals surface area contributed by atoms with E-state index in [9.17, 15) is 9.90 Å². The largest absolute Gasteiger partial charge is 0.389 e. The van der Waals surface area contributed by atoms with Crippen molar-refractivity contribution in [2.24, 2.45) is 5.92 Å². The van der Waals surface area contributed by atoms with E-state index in [0.29, 0.717) is 17.5 Å². The fourth-order valence-electron chi connectivity index (χ4n) is 1.61. The fraction of sp³-hybridized carbons (Fsp3) is 0.533. The van der Waals surface area contributed by atoms with Crippen LogP contribution in [0.15, 0.2) is 24.3 Å². The summed E-state index contributed by atoms with van der Waals surface area (Å²) >= 11 is 5.98. The van der Waals surface area contributed by atoms with Crippen LogP contribution in [0, 0.1) is 5.92 Å². The molecular weight excluding hydrogens is 278 g/mol. The molecule has 20 heavy (non-hydrogen) atoms. The van der Waals surface area contributed by atoms with Crippen molar-refractivity contribution in [2.45, 2.75) is 26.4 Å². The highest BCUT2D eigenvalue weighted by atomic mass is 35.5. The standard InChI is InChI=1S/C15H22ClNO3/c1-11(2)9-20-10-13(18)8-17-15(19)7-12-5-3-4-6-14(12)16/h3-6,11,13,18H,7-10H2,1-2H3,(H,17,19). The molecule has 0 aromatic heterocycles. The Morgan fingerprint density at radius 1 is 1.35 bits per heavy atom. The van der Waals surface area contributed by atoms with Crippen LogP contribution in [0.4, 0.5) is 0 Å². The maximum Gasteiger partial charge on any atom is 0.224 e. The minimum absolute atomic E-state index is 0.166. The van der Waals surface area contributed by atoms with Gasteiger partial charge in [0.2, 0.25) is 5.91 Å². The van der Waals surface area contributed by atoms with E-state index in [2.05, 4.69) is 5.32 Å². The molecule has 1 atom stereocenters. The van der Waals surface area contributed by atoms with E-state index in [1.165, 1.54) is 0 Å². The van der Waals surface area contributed by atoms with Crippen LogP contribution in [0.5, 0.6) is 0 Å². The van der Waals surface area contributed by atoms with Gasteiger partial charge in [0.25, 0.3) is 0 Å². The van der Waals surface area contributed by atoms with Crippen molar-refractivity contribution < 1.29 is 14.6 Å². The van der Waals surface area contributed by atoms with Crippen LogP contribution in [0.25, 0.3) is 0 Å². The summed E-state index contributed by atoms with van der Waals surface area (Å²) in [6.07, 6.45) is -0.483. The number of aliphatic hydroxyl groups excluding tert-OH is 1. The number of halogens is 1. The molecule has 1 aromatic carbocycles. The SMILES string of the molecule is CC(C)COCC(O)CNC(=O)Cc1ccccc1Cl. The highest BCUT2D eigenvalue weighted by Gasteiger charge is 2.09. The van der Waals surface area contributed by atoms with Gasteiger partial charge in [0.1, 0.15) is 0 Å². The lowest BCUT2D eigenvalue weighted by Crippen LogP contribution is -2.35. The summed E-state index contributed by atoms with van der Waals surface area (Å²) in [7, 11) is 0. The fourth-order valence-corrected chi connectivity index (χ4v) is 1.81. The normalized spacial score (nSPS) is 12.4. The molecule has 1 aromatic rings. The Balaban J connectivity index is 2.24. The third kappa shape index (κ3) is 6.89. The highest BCUT2D eigenvalue weighted by Crippen LogP contribution is 2.15. The lowest BCUT2D eigenvalue weighted by atomic mass is 10.1. The molecule has 0 radical (unpaired) electrons. The van der Waals surface area contributed by atoms with Gasteiger partial charge >= 0.3 is 0 Å². The molecule has 0 fully saturated rings. The van der Waals surface area contributed by atoms with E-state index in [0.717, 1.165) is 5.56 Å². The molecule has 0 aliphatic rings. The van der Waals surface area contributed by atoms with E-state index in [4.69, 9.17) is 16.3 Å². The van der Waals surface area contributed by atoms with E-state index in [-0.39, 0.29) is 25.5 Å². The summed E-state index contributed by atoms with van der Waals surface area (Å²) in [5, 5.41) is 12.9. The van der Waals surface area contributed by atoms with Crippen molar-refractivity contribution in [3.05, 3.63) is 34.9 Å². The van der Waals surface area contributed by atoms with Gasteiger partial charge in [0.05, 0.1) is 19.1 Å². The zero-order chi connectivity index (χ0) is 15.0. The first-order valence-electron chi connectivity index (χ1n) is 6.75. The molecule has 0 spiro atoms. The number of hydrogen-bond donors (Lipinski definition) is 2. The highest BCUT2D eigenvalue weighted by molar-refractivity contribution is 6.31. The summed E-state index contributed by atoms with van der Waals surface area (Å²) < 4.78 is 5.30. The Hall–Kier alpha value is -1.10. The second-order valence-electron chi connectivity index (χ2n) is 5.16. The number of aliphatic hydroxyl groups is 1. The number of hydrogen-bond acceptors (Lipinski definition) is 3. The molecule has 0 saturated heterocycles. The maximum atomic E-state index is 11.7. The minimum Gasteiger partial charge on any atom is -0.389 e. The van der Waals surface area contributed by atoms with Crippen LogP contribution in [-0.2, 0) is 16.0 Å². The molecule has 0 bridgehead atoms. The summed E-state index contributed by atoms with van der Waals surface area (Å²) in [5.74, 6) is 0.262. The summed E-state index contributed by atoms with van der Waals surface area (Å²) in [4.78, 5) is 11.7. The van der Waals surface area contributed by atoms with Crippen molar-refractivity contribution in [3.63, 3.8) is 0 Å². The van der Waals surface area contributed by atoms with Gasteiger partial charge in [0, 0.05) is 18.2 Å². The van der Waals surface area contributed by atoms with Gasteiger partial charge in [-0.25, -0.2) is 0 Å². The smallest absolute Gasteiger partial charge is 0.224 e. The van der Waals surface area contributed by atoms with Gasteiger partial charge in [-0.2, -0.15) is 0 Å². The van der Waals surface area contributed by atoms with E-state index >= 15 is 0 Å². The van der Waals surface area contributed by atoms with Crippen LogP contribution in [0.2, 0.25) is 5.02 Å². The second-order valence-corrected chi connectivity index (χ2v) is 5.56. The third-order valence-corrected chi connectivity index (χ3v) is 2.97. The number of benzene rings is 1. The quantitative estimate of drug-likeness (QED) is 0.772. The first-order valence-corrected chi connectivity index (χ1v) is 7.12. The van der Waals surface area contributed by atoms with Crippen LogP contribution in [0.1, 0.15) is 19.4 Å². The predicted molar refractivity (Wildman–Crippen MR) is 79.8 cm³/mol. The summed E-state index contributed by atoms with van der Waals surface area (Å²) in [6.45, 7) is 5.09. The average molecular weight is 300 g/mol. The Labute approximate surface area is 125 Å². The zero-order valence-corrected chi connectivity index (χ0v) is 12.7. The van der Waals surface area contributed by atoms with Gasteiger partial charge in [-0.05, 0) is 17.5 Å². The van der Waals surface area contributed by atoms with Crippen molar-refractivity contribution >= 4 is 17.5 Å². The summed E-state index contributed by atoms with van der Waals surface area (Å²) in [5.41, 5.74) is 0.775. The van der Waals surface area contributed by atoms with Crippen LogP contribution >= 0.6 is 11.6 Å². The van der Waals surface area contributed by atoms with Crippen molar-refractivity contribution in [1.82, 2.24) is 5.32 Å². The molecule has 4 nitrogen and oxygen atoms in total. The number of carbonyl (C=O) groups excluding carboxylic acids is 1. The van der Waals surface area contributed by atoms with Crippen molar-refractivity contribution in [3.8, 4) is 0 Å². The van der Waals surface area contributed by atoms with Crippen LogP contribution in [-0.4, -0.2) is 36.9 Å². The van der Waals surface area contributed by atoms with Gasteiger partial charge < -0.3 is 15.2 Å². The number of amides is 1. The Bertz CT molecular complexity index is 423. The topological polar surface area (TPSA) is 58.6 Å². The molecule has 1 amide bonds. The number of carbonyl (C=O) groups is 1. The Morgan fingerprint density at radius 2 is 2.05 bits per heavy atom. The molecule has 0 saturated carbocycles. The molecule has 0 heterocycles. The molecule has 2 N–H and O–H groups in total. The number of rotatable bonds is 8. The number of nitrogens with one attached hydrogen (secondary N) is 1. The monoisotopic (exact) mass is 299 g/mol. The first-order chi connectivity index (χ1) is 9.49. The first kappa shape index (κ1) is 17.0. The Morgan fingerprint density at radius 3 is 2.70 bits per heavy atom. The summed E-state index contributed by atoms with van der Waals surface area (Å²) in [6, 6.07) is 7.21. The molecule has 1 rings (SSSR count). The molecule has 0 aliphatic heterocycles. The third-order valence-electron chi connectivity index (χ3n) is 2.61. The van der Waals surface area contributed by atoms with E-state index in [1.807, 2.05) is 32.0 Å². The minimum atomic E-state index is -0.691. The van der Waals surface area contributed by atoms with Crippen molar-refractivity contribution in [2.75, 3.05) is 19.8 Å². The number of ether oxygens (including phenoxy) is 1. The molecule has 0 aliphatic carbocycles. The molecule has 5 heteroatoms. The van der Waals surface area contributed by atoms with E-state index < -0.39 is 6.10 Å². The van der Waals surface area contributed by atoms with Crippen LogP contribution < -0.4 is 5.32 Å². The van der Waals surface area contributed by atoms with Gasteiger partial charge in [-0.3, -0.25) is 4.79 Å². The second kappa shape index (κ2) is 8.95. The molecule has 112 valence electrons. The molecular formula is C15H22ClNO3. The predicted octanol–water partition coefficient (Wildman–Crippen LogP) is 2.03. The van der Waals surface area contributed by atoms with Gasteiger partial charge in [-0.15, -0.1) is 0 Å². The van der Waals surface area contributed by atoms with Gasteiger partial charge in [0.15, 0.2) is 0 Å².